The van der Waals surface area contributed by atoms with Crippen molar-refractivity contribution in [2.75, 3.05) is 0 Å². The van der Waals surface area contributed by atoms with Crippen LogP contribution in [0.5, 0.6) is 0 Å². The van der Waals surface area contributed by atoms with Gasteiger partial charge in [-0.25, -0.2) is 0 Å². The lowest BCUT2D eigenvalue weighted by Crippen LogP contribution is -2.26. The van der Waals surface area contributed by atoms with Crippen LogP contribution in [0.25, 0.3) is 0 Å². The SMILES string of the molecule is CCC(CC#N)NCc1cc(C#N)cs1. The van der Waals surface area contributed by atoms with Crippen molar-refractivity contribution >= 4 is 11.3 Å². The smallest absolute Gasteiger partial charge is 0.100 e. The molecule has 1 heterocycles. The second-order valence-electron chi connectivity index (χ2n) is 3.26. The minimum Gasteiger partial charge on any atom is -0.308 e. The molecule has 4 heteroatoms. The largest absolute Gasteiger partial charge is 0.308 e. The van der Waals surface area contributed by atoms with Gasteiger partial charge in [-0.1, -0.05) is 6.92 Å². The Balaban J connectivity index is 2.43. The minimum atomic E-state index is 0.252. The van der Waals surface area contributed by atoms with Crippen LogP contribution >= 0.6 is 11.3 Å². The van der Waals surface area contributed by atoms with Gasteiger partial charge in [0.25, 0.3) is 0 Å². The lowest BCUT2D eigenvalue weighted by molar-refractivity contribution is 0.507. The van der Waals surface area contributed by atoms with Crippen LogP contribution in [0.1, 0.15) is 30.2 Å². The molecular formula is C11H13N3S. The van der Waals surface area contributed by atoms with E-state index < -0.39 is 0 Å². The predicted octanol–water partition coefficient (Wildman–Crippen LogP) is 2.40. The summed E-state index contributed by atoms with van der Waals surface area (Å²) in [5.74, 6) is 0. The number of rotatable bonds is 5. The first-order valence-electron chi connectivity index (χ1n) is 4.88. The fraction of sp³-hybridized carbons (Fsp3) is 0.455. The Morgan fingerprint density at radius 3 is 2.87 bits per heavy atom. The zero-order valence-corrected chi connectivity index (χ0v) is 9.47. The summed E-state index contributed by atoms with van der Waals surface area (Å²) < 4.78 is 0. The Bertz CT molecular complexity index is 383. The number of hydrogen-bond acceptors (Lipinski definition) is 4. The molecule has 3 nitrogen and oxygen atoms in total. The Kier molecular flexibility index (Phi) is 4.83. The summed E-state index contributed by atoms with van der Waals surface area (Å²) >= 11 is 1.58. The highest BCUT2D eigenvalue weighted by Gasteiger charge is 2.05. The van der Waals surface area contributed by atoms with Gasteiger partial charge in [-0.15, -0.1) is 11.3 Å². The third kappa shape index (κ3) is 3.71. The fourth-order valence-electron chi connectivity index (χ4n) is 1.25. The Labute approximate surface area is 94.0 Å². The molecule has 0 radical (unpaired) electrons. The highest BCUT2D eigenvalue weighted by molar-refractivity contribution is 7.10. The molecule has 0 aliphatic rings. The van der Waals surface area contributed by atoms with E-state index in [4.69, 9.17) is 10.5 Å². The van der Waals surface area contributed by atoms with Crippen LogP contribution < -0.4 is 5.32 Å². The highest BCUT2D eigenvalue weighted by Crippen LogP contribution is 2.13. The van der Waals surface area contributed by atoms with Gasteiger partial charge >= 0.3 is 0 Å². The first-order valence-corrected chi connectivity index (χ1v) is 5.76. The van der Waals surface area contributed by atoms with Gasteiger partial charge in [-0.3, -0.25) is 0 Å². The van der Waals surface area contributed by atoms with Crippen molar-refractivity contribution in [1.82, 2.24) is 5.32 Å². The van der Waals surface area contributed by atoms with Gasteiger partial charge in [0.1, 0.15) is 6.07 Å². The maximum Gasteiger partial charge on any atom is 0.100 e. The molecule has 1 N–H and O–H groups in total. The van der Waals surface area contributed by atoms with E-state index in [2.05, 4.69) is 24.4 Å². The third-order valence-corrected chi connectivity index (χ3v) is 3.12. The molecule has 0 aliphatic heterocycles. The maximum atomic E-state index is 8.65. The summed E-state index contributed by atoms with van der Waals surface area (Å²) in [4.78, 5) is 1.14. The van der Waals surface area contributed by atoms with Gasteiger partial charge in [-0.05, 0) is 12.5 Å². The molecule has 0 spiro atoms. The molecule has 1 rings (SSSR count). The molecule has 0 bridgehead atoms. The Morgan fingerprint density at radius 2 is 2.33 bits per heavy atom. The molecule has 1 unspecified atom stereocenters. The van der Waals surface area contributed by atoms with Gasteiger partial charge < -0.3 is 5.32 Å². The molecule has 1 atom stereocenters. The van der Waals surface area contributed by atoms with Crippen LogP contribution in [0.4, 0.5) is 0 Å². The standard InChI is InChI=1S/C11H13N3S/c1-2-10(3-4-12)14-7-11-5-9(6-13)8-15-11/h5,8,10,14H,2-3,7H2,1H3. The van der Waals surface area contributed by atoms with Gasteiger partial charge in [-0.2, -0.15) is 10.5 Å². The minimum absolute atomic E-state index is 0.252. The van der Waals surface area contributed by atoms with Crippen LogP contribution in [0, 0.1) is 22.7 Å². The average molecular weight is 219 g/mol. The van der Waals surface area contributed by atoms with Crippen molar-refractivity contribution in [1.29, 1.82) is 10.5 Å². The van der Waals surface area contributed by atoms with Crippen molar-refractivity contribution in [3.05, 3.63) is 21.9 Å². The number of nitrogens with zero attached hydrogens (tertiary/aromatic N) is 2. The summed E-state index contributed by atoms with van der Waals surface area (Å²) in [5, 5.41) is 22.4. The predicted molar refractivity (Wildman–Crippen MR) is 60.2 cm³/mol. The first-order chi connectivity index (χ1) is 7.30. The van der Waals surface area contributed by atoms with E-state index in [0.29, 0.717) is 12.0 Å². The molecule has 1 aromatic heterocycles. The van der Waals surface area contributed by atoms with Crippen molar-refractivity contribution < 1.29 is 0 Å². The number of nitriles is 2. The number of nitrogens with one attached hydrogen (secondary N) is 1. The summed E-state index contributed by atoms with van der Waals surface area (Å²) in [5.41, 5.74) is 0.713. The lowest BCUT2D eigenvalue weighted by Gasteiger charge is -2.11. The topological polar surface area (TPSA) is 59.6 Å². The van der Waals surface area contributed by atoms with E-state index in [-0.39, 0.29) is 6.04 Å². The average Bonchev–Trinajstić information content (AvgIpc) is 2.72. The summed E-state index contributed by atoms with van der Waals surface area (Å²) in [7, 11) is 0. The molecule has 0 aliphatic carbocycles. The van der Waals surface area contributed by atoms with E-state index in [1.54, 1.807) is 11.3 Å². The maximum absolute atomic E-state index is 8.65. The van der Waals surface area contributed by atoms with Crippen molar-refractivity contribution in [3.8, 4) is 12.1 Å². The van der Waals surface area contributed by atoms with Crippen molar-refractivity contribution in [3.63, 3.8) is 0 Å². The van der Waals surface area contributed by atoms with Crippen LogP contribution in [0.3, 0.4) is 0 Å². The molecule has 78 valence electrons. The molecule has 0 amide bonds. The molecule has 0 saturated carbocycles. The quantitative estimate of drug-likeness (QED) is 0.827. The first kappa shape index (κ1) is 11.7. The van der Waals surface area contributed by atoms with Crippen LogP contribution in [0.2, 0.25) is 0 Å². The fourth-order valence-corrected chi connectivity index (χ4v) is 2.01. The van der Waals surface area contributed by atoms with Crippen molar-refractivity contribution in [2.24, 2.45) is 0 Å². The number of thiophene rings is 1. The third-order valence-electron chi connectivity index (χ3n) is 2.18. The summed E-state index contributed by atoms with van der Waals surface area (Å²) in [6, 6.07) is 6.40. The Morgan fingerprint density at radius 1 is 1.53 bits per heavy atom. The van der Waals surface area contributed by atoms with E-state index in [1.807, 2.05) is 11.4 Å². The Hall–Kier alpha value is -1.36. The molecule has 1 aromatic rings. The monoisotopic (exact) mass is 219 g/mol. The van der Waals surface area contributed by atoms with Crippen LogP contribution in [0.15, 0.2) is 11.4 Å². The highest BCUT2D eigenvalue weighted by atomic mass is 32.1. The second kappa shape index (κ2) is 6.19. The van der Waals surface area contributed by atoms with Crippen molar-refractivity contribution in [2.45, 2.75) is 32.4 Å². The molecular weight excluding hydrogens is 206 g/mol. The zero-order valence-electron chi connectivity index (χ0n) is 8.66. The summed E-state index contributed by atoms with van der Waals surface area (Å²) in [6.07, 6.45) is 1.48. The van der Waals surface area contributed by atoms with E-state index >= 15 is 0 Å². The van der Waals surface area contributed by atoms with Gasteiger partial charge in [0, 0.05) is 22.8 Å². The van der Waals surface area contributed by atoms with Crippen LogP contribution in [-0.4, -0.2) is 6.04 Å². The number of hydrogen-bond donors (Lipinski definition) is 1. The van der Waals surface area contributed by atoms with E-state index in [9.17, 15) is 0 Å². The van der Waals surface area contributed by atoms with E-state index in [1.165, 1.54) is 0 Å². The molecule has 0 aromatic carbocycles. The molecule has 0 fully saturated rings. The zero-order chi connectivity index (χ0) is 11.1. The van der Waals surface area contributed by atoms with Crippen LogP contribution in [-0.2, 0) is 6.54 Å². The van der Waals surface area contributed by atoms with Gasteiger partial charge in [0.2, 0.25) is 0 Å². The molecule has 0 saturated heterocycles. The molecule has 15 heavy (non-hydrogen) atoms. The van der Waals surface area contributed by atoms with Gasteiger partial charge in [0.15, 0.2) is 0 Å². The normalized spacial score (nSPS) is 11.7. The lowest BCUT2D eigenvalue weighted by atomic mass is 10.1. The van der Waals surface area contributed by atoms with E-state index in [0.717, 1.165) is 17.8 Å². The second-order valence-corrected chi connectivity index (χ2v) is 4.26. The van der Waals surface area contributed by atoms with Gasteiger partial charge in [0.05, 0.1) is 18.1 Å². The summed E-state index contributed by atoms with van der Waals surface area (Å²) in [6.45, 7) is 2.80.